The normalized spacial score (nSPS) is 15.7. The van der Waals surface area contributed by atoms with E-state index in [4.69, 9.17) is 0 Å². The van der Waals surface area contributed by atoms with E-state index in [0.717, 1.165) is 31.6 Å². The lowest BCUT2D eigenvalue weighted by Gasteiger charge is -2.21. The Kier molecular flexibility index (Phi) is 5.12. The van der Waals surface area contributed by atoms with Crippen LogP contribution in [0, 0.1) is 5.92 Å². The number of hydrogen-bond acceptors (Lipinski definition) is 3. The molecule has 3 N–H and O–H groups in total. The van der Waals surface area contributed by atoms with Crippen LogP contribution in [0.25, 0.3) is 0 Å². The van der Waals surface area contributed by atoms with Gasteiger partial charge in [-0.2, -0.15) is 0 Å². The van der Waals surface area contributed by atoms with E-state index in [9.17, 15) is 9.59 Å². The van der Waals surface area contributed by atoms with Gasteiger partial charge in [0.1, 0.15) is 0 Å². The van der Waals surface area contributed by atoms with E-state index in [2.05, 4.69) is 16.0 Å². The van der Waals surface area contributed by atoms with Gasteiger partial charge in [0.05, 0.1) is 0 Å². The third-order valence-electron chi connectivity index (χ3n) is 3.46. The third kappa shape index (κ3) is 3.81. The minimum atomic E-state index is -0.0938. The Hall–Kier alpha value is -1.88. The van der Waals surface area contributed by atoms with Gasteiger partial charge in [0.15, 0.2) is 0 Å². The molecule has 1 aliphatic rings. The molecule has 108 valence electrons. The fourth-order valence-corrected chi connectivity index (χ4v) is 2.30. The van der Waals surface area contributed by atoms with Crippen molar-refractivity contribution < 1.29 is 9.59 Å². The number of piperidine rings is 1. The van der Waals surface area contributed by atoms with Crippen molar-refractivity contribution in [3.05, 3.63) is 29.8 Å². The standard InChI is InChI=1S/C15H21N3O2/c1-2-17-14(19)11-3-5-13(6-4-11)18-15(20)12-7-9-16-10-8-12/h3-6,12,16H,2,7-10H2,1H3,(H,17,19)(H,18,20). The Bertz CT molecular complexity index is 465. The molecular formula is C15H21N3O2. The summed E-state index contributed by atoms with van der Waals surface area (Å²) in [5.41, 5.74) is 1.34. The maximum atomic E-state index is 12.1. The van der Waals surface area contributed by atoms with Gasteiger partial charge in [-0.1, -0.05) is 0 Å². The minimum Gasteiger partial charge on any atom is -0.352 e. The van der Waals surface area contributed by atoms with Crippen LogP contribution >= 0.6 is 0 Å². The van der Waals surface area contributed by atoms with Gasteiger partial charge in [-0.15, -0.1) is 0 Å². The Morgan fingerprint density at radius 2 is 1.85 bits per heavy atom. The van der Waals surface area contributed by atoms with E-state index in [-0.39, 0.29) is 17.7 Å². The molecule has 1 fully saturated rings. The van der Waals surface area contributed by atoms with Crippen molar-refractivity contribution in [3.8, 4) is 0 Å². The number of hydrogen-bond donors (Lipinski definition) is 3. The second-order valence-electron chi connectivity index (χ2n) is 4.95. The van der Waals surface area contributed by atoms with Gasteiger partial charge in [-0.3, -0.25) is 9.59 Å². The number of carbonyl (C=O) groups is 2. The highest BCUT2D eigenvalue weighted by atomic mass is 16.2. The summed E-state index contributed by atoms with van der Waals surface area (Å²) in [7, 11) is 0. The van der Waals surface area contributed by atoms with Crippen LogP contribution in [-0.2, 0) is 4.79 Å². The molecule has 0 spiro atoms. The fraction of sp³-hybridized carbons (Fsp3) is 0.467. The van der Waals surface area contributed by atoms with E-state index < -0.39 is 0 Å². The molecule has 5 heteroatoms. The van der Waals surface area contributed by atoms with Crippen LogP contribution in [0.15, 0.2) is 24.3 Å². The van der Waals surface area contributed by atoms with E-state index in [1.54, 1.807) is 24.3 Å². The molecule has 0 aromatic heterocycles. The Labute approximate surface area is 119 Å². The molecule has 0 saturated carbocycles. The van der Waals surface area contributed by atoms with Crippen molar-refractivity contribution in [2.75, 3.05) is 25.0 Å². The summed E-state index contributed by atoms with van der Waals surface area (Å²) < 4.78 is 0. The lowest BCUT2D eigenvalue weighted by Crippen LogP contribution is -2.34. The fourth-order valence-electron chi connectivity index (χ4n) is 2.30. The first-order chi connectivity index (χ1) is 9.70. The Morgan fingerprint density at radius 3 is 2.45 bits per heavy atom. The highest BCUT2D eigenvalue weighted by Gasteiger charge is 2.20. The van der Waals surface area contributed by atoms with Crippen LogP contribution in [0.2, 0.25) is 0 Å². The molecule has 1 aromatic rings. The van der Waals surface area contributed by atoms with Crippen molar-refractivity contribution >= 4 is 17.5 Å². The number of amides is 2. The van der Waals surface area contributed by atoms with Crippen molar-refractivity contribution in [3.63, 3.8) is 0 Å². The Morgan fingerprint density at radius 1 is 1.20 bits per heavy atom. The number of benzene rings is 1. The van der Waals surface area contributed by atoms with Gasteiger partial charge >= 0.3 is 0 Å². The zero-order valence-corrected chi connectivity index (χ0v) is 11.7. The second kappa shape index (κ2) is 7.05. The smallest absolute Gasteiger partial charge is 0.251 e. The first-order valence-electron chi connectivity index (χ1n) is 7.10. The van der Waals surface area contributed by atoms with Crippen LogP contribution in [0.1, 0.15) is 30.1 Å². The summed E-state index contributed by atoms with van der Waals surface area (Å²) >= 11 is 0. The van der Waals surface area contributed by atoms with E-state index >= 15 is 0 Å². The molecule has 0 atom stereocenters. The largest absolute Gasteiger partial charge is 0.352 e. The number of carbonyl (C=O) groups excluding carboxylic acids is 2. The summed E-state index contributed by atoms with van der Waals surface area (Å²) in [4.78, 5) is 23.7. The van der Waals surface area contributed by atoms with E-state index in [1.807, 2.05) is 6.92 Å². The average molecular weight is 275 g/mol. The van der Waals surface area contributed by atoms with Gasteiger partial charge in [-0.05, 0) is 57.1 Å². The minimum absolute atomic E-state index is 0.0669. The molecule has 20 heavy (non-hydrogen) atoms. The van der Waals surface area contributed by atoms with Gasteiger partial charge in [0.25, 0.3) is 5.91 Å². The third-order valence-corrected chi connectivity index (χ3v) is 3.46. The maximum absolute atomic E-state index is 12.1. The highest BCUT2D eigenvalue weighted by Crippen LogP contribution is 2.16. The summed E-state index contributed by atoms with van der Waals surface area (Å²) in [6.45, 7) is 4.28. The van der Waals surface area contributed by atoms with Crippen molar-refractivity contribution in [1.29, 1.82) is 0 Å². The molecule has 0 aliphatic carbocycles. The topological polar surface area (TPSA) is 70.2 Å². The SMILES string of the molecule is CCNC(=O)c1ccc(NC(=O)C2CCNCC2)cc1. The van der Waals surface area contributed by atoms with Crippen LogP contribution in [0.5, 0.6) is 0 Å². The first-order valence-corrected chi connectivity index (χ1v) is 7.10. The van der Waals surface area contributed by atoms with Crippen molar-refractivity contribution in [2.24, 2.45) is 5.92 Å². The predicted molar refractivity (Wildman–Crippen MR) is 78.7 cm³/mol. The van der Waals surface area contributed by atoms with E-state index in [0.29, 0.717) is 12.1 Å². The lowest BCUT2D eigenvalue weighted by atomic mass is 9.97. The monoisotopic (exact) mass is 275 g/mol. The molecular weight excluding hydrogens is 254 g/mol. The summed E-state index contributed by atoms with van der Waals surface area (Å²) in [6.07, 6.45) is 1.76. The van der Waals surface area contributed by atoms with E-state index in [1.165, 1.54) is 0 Å². The zero-order valence-electron chi connectivity index (χ0n) is 11.7. The lowest BCUT2D eigenvalue weighted by molar-refractivity contribution is -0.120. The average Bonchev–Trinajstić information content (AvgIpc) is 2.49. The first kappa shape index (κ1) is 14.5. The molecule has 2 amide bonds. The summed E-state index contributed by atoms with van der Waals surface area (Å²) in [5, 5.41) is 8.89. The molecule has 0 unspecified atom stereocenters. The Balaban J connectivity index is 1.92. The molecule has 1 aromatic carbocycles. The molecule has 0 radical (unpaired) electrons. The second-order valence-corrected chi connectivity index (χ2v) is 4.95. The van der Waals surface area contributed by atoms with Crippen LogP contribution < -0.4 is 16.0 Å². The quantitative estimate of drug-likeness (QED) is 0.777. The maximum Gasteiger partial charge on any atom is 0.251 e. The number of nitrogens with one attached hydrogen (secondary N) is 3. The predicted octanol–water partition coefficient (Wildman–Crippen LogP) is 1.37. The molecule has 2 rings (SSSR count). The zero-order chi connectivity index (χ0) is 14.4. The molecule has 1 aliphatic heterocycles. The van der Waals surface area contributed by atoms with Crippen LogP contribution in [0.3, 0.4) is 0 Å². The number of anilines is 1. The highest BCUT2D eigenvalue weighted by molar-refractivity contribution is 5.96. The molecule has 0 bridgehead atoms. The molecule has 1 heterocycles. The van der Waals surface area contributed by atoms with Crippen LogP contribution in [0.4, 0.5) is 5.69 Å². The molecule has 5 nitrogen and oxygen atoms in total. The van der Waals surface area contributed by atoms with Gasteiger partial charge in [0, 0.05) is 23.7 Å². The van der Waals surface area contributed by atoms with Crippen LogP contribution in [-0.4, -0.2) is 31.4 Å². The van der Waals surface area contributed by atoms with Gasteiger partial charge in [-0.25, -0.2) is 0 Å². The van der Waals surface area contributed by atoms with Crippen molar-refractivity contribution in [2.45, 2.75) is 19.8 Å². The number of rotatable bonds is 4. The van der Waals surface area contributed by atoms with Gasteiger partial charge < -0.3 is 16.0 Å². The van der Waals surface area contributed by atoms with Crippen molar-refractivity contribution in [1.82, 2.24) is 10.6 Å². The van der Waals surface area contributed by atoms with Gasteiger partial charge in [0.2, 0.25) is 5.91 Å². The summed E-state index contributed by atoms with van der Waals surface area (Å²) in [5.74, 6) is 0.0558. The molecule has 1 saturated heterocycles. The summed E-state index contributed by atoms with van der Waals surface area (Å²) in [6, 6.07) is 6.99.